The van der Waals surface area contributed by atoms with Crippen LogP contribution >= 0.6 is 0 Å². The summed E-state index contributed by atoms with van der Waals surface area (Å²) in [5.74, 6) is 0.636. The predicted octanol–water partition coefficient (Wildman–Crippen LogP) is 1.03. The zero-order valence-corrected chi connectivity index (χ0v) is 12.1. The molecule has 0 bridgehead atoms. The van der Waals surface area contributed by atoms with Gasteiger partial charge in [0.2, 0.25) is 0 Å². The minimum Gasteiger partial charge on any atom is -0.497 e. The fraction of sp³-hybridized carbons (Fsp3) is 0.533. The van der Waals surface area contributed by atoms with Gasteiger partial charge in [0.1, 0.15) is 18.4 Å². The molecule has 1 aromatic rings. The van der Waals surface area contributed by atoms with E-state index in [0.29, 0.717) is 6.61 Å². The molecular weight excluding hydrogens is 256 g/mol. The molecule has 1 aliphatic heterocycles. The van der Waals surface area contributed by atoms with Crippen LogP contribution in [0.25, 0.3) is 0 Å². The van der Waals surface area contributed by atoms with Crippen LogP contribution < -0.4 is 10.1 Å². The van der Waals surface area contributed by atoms with Gasteiger partial charge in [-0.05, 0) is 24.6 Å². The highest BCUT2D eigenvalue weighted by Gasteiger charge is 2.23. The first-order valence-corrected chi connectivity index (χ1v) is 6.95. The first kappa shape index (κ1) is 14.8. The quantitative estimate of drug-likeness (QED) is 0.815. The third-order valence-electron chi connectivity index (χ3n) is 3.58. The third-order valence-corrected chi connectivity index (χ3v) is 3.58. The minimum absolute atomic E-state index is 0.164. The Labute approximate surface area is 119 Å². The van der Waals surface area contributed by atoms with Crippen LogP contribution in [0.4, 0.5) is 0 Å². The van der Waals surface area contributed by atoms with Crippen molar-refractivity contribution in [2.75, 3.05) is 33.3 Å². The number of ether oxygens (including phenoxy) is 2. The average molecular weight is 278 g/mol. The Balaban J connectivity index is 1.81. The molecule has 1 unspecified atom stereocenters. The van der Waals surface area contributed by atoms with Gasteiger partial charge < -0.3 is 14.8 Å². The van der Waals surface area contributed by atoms with Crippen LogP contribution in [-0.4, -0.2) is 50.2 Å². The van der Waals surface area contributed by atoms with Crippen molar-refractivity contribution in [1.29, 1.82) is 0 Å². The summed E-state index contributed by atoms with van der Waals surface area (Å²) < 4.78 is 10.5. The Hall–Kier alpha value is -1.59. The van der Waals surface area contributed by atoms with Crippen LogP contribution in [0.15, 0.2) is 24.3 Å². The van der Waals surface area contributed by atoms with Gasteiger partial charge in [-0.2, -0.15) is 0 Å². The molecule has 0 saturated carbocycles. The molecule has 0 spiro atoms. The van der Waals surface area contributed by atoms with Crippen molar-refractivity contribution >= 4 is 5.97 Å². The summed E-state index contributed by atoms with van der Waals surface area (Å²) in [6.45, 7) is 5.84. The molecule has 1 aromatic carbocycles. The van der Waals surface area contributed by atoms with Crippen molar-refractivity contribution in [2.24, 2.45) is 0 Å². The van der Waals surface area contributed by atoms with E-state index in [9.17, 15) is 4.79 Å². The summed E-state index contributed by atoms with van der Waals surface area (Å²) in [5, 5.41) is 3.27. The van der Waals surface area contributed by atoms with Gasteiger partial charge in [0.25, 0.3) is 0 Å². The highest BCUT2D eigenvalue weighted by Crippen LogP contribution is 2.12. The summed E-state index contributed by atoms with van der Waals surface area (Å²) in [5.41, 5.74) is 0.965. The maximum Gasteiger partial charge on any atom is 0.323 e. The number of carbonyl (C=O) groups is 1. The highest BCUT2D eigenvalue weighted by molar-refractivity contribution is 5.75. The zero-order chi connectivity index (χ0) is 14.4. The summed E-state index contributed by atoms with van der Waals surface area (Å²) in [6, 6.07) is 7.35. The molecule has 1 aliphatic rings. The number of nitrogens with zero attached hydrogens (tertiary/aromatic N) is 1. The normalized spacial score (nSPS) is 17.5. The molecule has 2 rings (SSSR count). The van der Waals surface area contributed by atoms with Crippen molar-refractivity contribution in [2.45, 2.75) is 19.6 Å². The van der Waals surface area contributed by atoms with E-state index in [1.165, 1.54) is 0 Å². The van der Waals surface area contributed by atoms with E-state index in [1.54, 1.807) is 7.11 Å². The number of hydrogen-bond donors (Lipinski definition) is 1. The van der Waals surface area contributed by atoms with Crippen LogP contribution in [0, 0.1) is 0 Å². The lowest BCUT2D eigenvalue weighted by atomic mass is 10.2. The van der Waals surface area contributed by atoms with Gasteiger partial charge in [-0.25, -0.2) is 0 Å². The molecule has 1 atom stereocenters. The lowest BCUT2D eigenvalue weighted by molar-refractivity contribution is -0.151. The van der Waals surface area contributed by atoms with Gasteiger partial charge >= 0.3 is 5.97 Å². The Morgan fingerprint density at radius 1 is 1.30 bits per heavy atom. The first-order valence-electron chi connectivity index (χ1n) is 6.95. The molecule has 0 radical (unpaired) electrons. The molecule has 5 heteroatoms. The maximum absolute atomic E-state index is 12.0. The van der Waals surface area contributed by atoms with Gasteiger partial charge in [-0.15, -0.1) is 0 Å². The molecule has 110 valence electrons. The van der Waals surface area contributed by atoms with Crippen LogP contribution in [0.1, 0.15) is 12.5 Å². The summed E-state index contributed by atoms with van der Waals surface area (Å²) in [6.07, 6.45) is 0. The van der Waals surface area contributed by atoms with Crippen molar-refractivity contribution in [3.63, 3.8) is 0 Å². The second kappa shape index (κ2) is 7.26. The number of carbonyl (C=O) groups excluding carboxylic acids is 1. The van der Waals surface area contributed by atoms with E-state index < -0.39 is 0 Å². The summed E-state index contributed by atoms with van der Waals surface area (Å²) in [4.78, 5) is 14.2. The molecule has 1 saturated heterocycles. The number of hydrogen-bond acceptors (Lipinski definition) is 5. The molecule has 0 aliphatic carbocycles. The van der Waals surface area contributed by atoms with Gasteiger partial charge in [0, 0.05) is 26.2 Å². The molecule has 0 aromatic heterocycles. The van der Waals surface area contributed by atoms with E-state index in [1.807, 2.05) is 31.2 Å². The van der Waals surface area contributed by atoms with Crippen molar-refractivity contribution in [1.82, 2.24) is 10.2 Å². The predicted molar refractivity (Wildman–Crippen MR) is 76.7 cm³/mol. The van der Waals surface area contributed by atoms with E-state index in [2.05, 4.69) is 10.2 Å². The van der Waals surface area contributed by atoms with Gasteiger partial charge in [0.05, 0.1) is 7.11 Å². The van der Waals surface area contributed by atoms with E-state index in [0.717, 1.165) is 37.5 Å². The van der Waals surface area contributed by atoms with Gasteiger partial charge in [-0.1, -0.05) is 12.1 Å². The minimum atomic E-state index is -0.185. The number of rotatable bonds is 5. The lowest BCUT2D eigenvalue weighted by Crippen LogP contribution is -2.50. The van der Waals surface area contributed by atoms with Crippen LogP contribution in [-0.2, 0) is 16.1 Å². The second-order valence-corrected chi connectivity index (χ2v) is 4.92. The first-order chi connectivity index (χ1) is 9.70. The number of piperazine rings is 1. The second-order valence-electron chi connectivity index (χ2n) is 4.92. The third kappa shape index (κ3) is 3.95. The summed E-state index contributed by atoms with van der Waals surface area (Å²) in [7, 11) is 1.63. The van der Waals surface area contributed by atoms with E-state index in [4.69, 9.17) is 9.47 Å². The monoisotopic (exact) mass is 278 g/mol. The maximum atomic E-state index is 12.0. The number of methoxy groups -OCH3 is 1. The van der Waals surface area contributed by atoms with Crippen LogP contribution in [0.5, 0.6) is 5.75 Å². The van der Waals surface area contributed by atoms with Crippen molar-refractivity contribution < 1.29 is 14.3 Å². The molecule has 1 N–H and O–H groups in total. The molecule has 1 heterocycles. The molecule has 20 heavy (non-hydrogen) atoms. The molecule has 1 fully saturated rings. The van der Waals surface area contributed by atoms with Gasteiger partial charge in [0.15, 0.2) is 0 Å². The lowest BCUT2D eigenvalue weighted by Gasteiger charge is -2.31. The summed E-state index contributed by atoms with van der Waals surface area (Å²) >= 11 is 0. The zero-order valence-electron chi connectivity index (χ0n) is 12.1. The smallest absolute Gasteiger partial charge is 0.323 e. The van der Waals surface area contributed by atoms with Gasteiger partial charge in [-0.3, -0.25) is 9.69 Å². The topological polar surface area (TPSA) is 50.8 Å². The average Bonchev–Trinajstić information content (AvgIpc) is 2.53. The highest BCUT2D eigenvalue weighted by atomic mass is 16.5. The SMILES string of the molecule is COc1ccc(COC(=O)C(C)N2CCNCC2)cc1. The molecule has 0 amide bonds. The number of esters is 1. The Kier molecular flexibility index (Phi) is 5.38. The molecule has 5 nitrogen and oxygen atoms in total. The largest absolute Gasteiger partial charge is 0.497 e. The van der Waals surface area contributed by atoms with E-state index >= 15 is 0 Å². The Morgan fingerprint density at radius 3 is 2.55 bits per heavy atom. The fourth-order valence-corrected chi connectivity index (χ4v) is 2.22. The standard InChI is InChI=1S/C15H22N2O3/c1-12(17-9-7-16-8-10-17)15(18)20-11-13-3-5-14(19-2)6-4-13/h3-6,12,16H,7-11H2,1-2H3. The molecular formula is C15H22N2O3. The number of benzene rings is 1. The Bertz CT molecular complexity index is 427. The fourth-order valence-electron chi connectivity index (χ4n) is 2.22. The van der Waals surface area contributed by atoms with Crippen LogP contribution in [0.2, 0.25) is 0 Å². The van der Waals surface area contributed by atoms with Crippen molar-refractivity contribution in [3.05, 3.63) is 29.8 Å². The van der Waals surface area contributed by atoms with Crippen molar-refractivity contribution in [3.8, 4) is 5.75 Å². The van der Waals surface area contributed by atoms with Crippen LogP contribution in [0.3, 0.4) is 0 Å². The number of nitrogens with one attached hydrogen (secondary N) is 1. The van der Waals surface area contributed by atoms with E-state index in [-0.39, 0.29) is 12.0 Å². The Morgan fingerprint density at radius 2 is 1.95 bits per heavy atom.